The molecule has 2 N–H and O–H groups in total. The number of nitrogens with zero attached hydrogens (tertiary/aromatic N) is 2. The molecule has 0 radical (unpaired) electrons. The predicted octanol–water partition coefficient (Wildman–Crippen LogP) is 2.24. The number of hydrogen-bond acceptors (Lipinski definition) is 3. The minimum atomic E-state index is -0.207. The zero-order valence-corrected chi connectivity index (χ0v) is 10.7. The lowest BCUT2D eigenvalue weighted by atomic mass is 9.90. The standard InChI is InChI=1S/C13H20N4/c1-6-8-11(12-10(3)15-17-16-12)13(4,5)14-9-7-2/h6-8,14H,1-2,9H2,3-5H3,(H,15,16,17)/b11-8-. The van der Waals surface area contributed by atoms with Gasteiger partial charge < -0.3 is 5.32 Å². The largest absolute Gasteiger partial charge is 0.304 e. The van der Waals surface area contributed by atoms with E-state index in [1.165, 1.54) is 0 Å². The Kier molecular flexibility index (Phi) is 4.40. The maximum Gasteiger partial charge on any atom is 0.0870 e. The van der Waals surface area contributed by atoms with E-state index < -0.39 is 0 Å². The molecule has 0 aliphatic heterocycles. The van der Waals surface area contributed by atoms with Crippen molar-refractivity contribution in [3.8, 4) is 0 Å². The van der Waals surface area contributed by atoms with Crippen LogP contribution in [0.15, 0.2) is 31.4 Å². The first-order valence-electron chi connectivity index (χ1n) is 5.60. The number of aromatic nitrogens is 3. The highest BCUT2D eigenvalue weighted by molar-refractivity contribution is 5.72. The molecule has 0 unspecified atom stereocenters. The second-order valence-electron chi connectivity index (χ2n) is 4.38. The molecule has 1 aromatic rings. The molecule has 1 heterocycles. The molecule has 0 fully saturated rings. The van der Waals surface area contributed by atoms with E-state index >= 15 is 0 Å². The van der Waals surface area contributed by atoms with E-state index in [9.17, 15) is 0 Å². The summed E-state index contributed by atoms with van der Waals surface area (Å²) in [6, 6.07) is 0. The number of hydrogen-bond donors (Lipinski definition) is 2. The third kappa shape index (κ3) is 3.14. The molecule has 0 saturated carbocycles. The predicted molar refractivity (Wildman–Crippen MR) is 71.6 cm³/mol. The molecular formula is C13H20N4. The Morgan fingerprint density at radius 3 is 2.65 bits per heavy atom. The SMILES string of the molecule is C=C/C=C(/c1[nH]nnc1C)C(C)(C)NCC=C. The van der Waals surface area contributed by atoms with Crippen molar-refractivity contribution in [2.24, 2.45) is 0 Å². The quantitative estimate of drug-likeness (QED) is 0.584. The van der Waals surface area contributed by atoms with Gasteiger partial charge in [-0.05, 0) is 26.3 Å². The van der Waals surface area contributed by atoms with Gasteiger partial charge in [-0.2, -0.15) is 0 Å². The molecule has 0 saturated heterocycles. The van der Waals surface area contributed by atoms with Crippen molar-refractivity contribution in [3.05, 3.63) is 42.8 Å². The van der Waals surface area contributed by atoms with E-state index in [-0.39, 0.29) is 5.54 Å². The third-order valence-corrected chi connectivity index (χ3v) is 2.64. The van der Waals surface area contributed by atoms with Gasteiger partial charge in [-0.3, -0.25) is 5.10 Å². The van der Waals surface area contributed by atoms with Crippen molar-refractivity contribution in [2.45, 2.75) is 26.3 Å². The Bertz CT molecular complexity index is 426. The first-order chi connectivity index (χ1) is 8.03. The van der Waals surface area contributed by atoms with Gasteiger partial charge in [0.25, 0.3) is 0 Å². The van der Waals surface area contributed by atoms with Gasteiger partial charge in [0.1, 0.15) is 0 Å². The van der Waals surface area contributed by atoms with Crippen molar-refractivity contribution >= 4 is 5.57 Å². The molecule has 0 aliphatic rings. The average Bonchev–Trinajstić information content (AvgIpc) is 2.69. The van der Waals surface area contributed by atoms with Crippen molar-refractivity contribution in [1.82, 2.24) is 20.7 Å². The summed E-state index contributed by atoms with van der Waals surface area (Å²) in [5.41, 5.74) is 2.69. The Labute approximate surface area is 103 Å². The van der Waals surface area contributed by atoms with E-state index in [1.807, 2.05) is 19.1 Å². The fraction of sp³-hybridized carbons (Fsp3) is 0.385. The summed E-state index contributed by atoms with van der Waals surface area (Å²) in [6.45, 7) is 14.3. The van der Waals surface area contributed by atoms with Gasteiger partial charge >= 0.3 is 0 Å². The van der Waals surface area contributed by atoms with Crippen LogP contribution in [-0.4, -0.2) is 27.5 Å². The Balaban J connectivity index is 3.10. The highest BCUT2D eigenvalue weighted by atomic mass is 15.3. The second-order valence-corrected chi connectivity index (χ2v) is 4.38. The van der Waals surface area contributed by atoms with Crippen LogP contribution in [0.1, 0.15) is 25.2 Å². The van der Waals surface area contributed by atoms with Crippen molar-refractivity contribution in [3.63, 3.8) is 0 Å². The number of nitrogens with one attached hydrogen (secondary N) is 2. The van der Waals surface area contributed by atoms with Crippen LogP contribution in [0, 0.1) is 6.92 Å². The average molecular weight is 232 g/mol. The Hall–Kier alpha value is -1.68. The number of H-pyrrole nitrogens is 1. The minimum Gasteiger partial charge on any atom is -0.304 e. The molecule has 0 bridgehead atoms. The van der Waals surface area contributed by atoms with Gasteiger partial charge in [0.2, 0.25) is 0 Å². The molecular weight excluding hydrogens is 212 g/mol. The van der Waals surface area contributed by atoms with Crippen molar-refractivity contribution < 1.29 is 0 Å². The lowest BCUT2D eigenvalue weighted by molar-refractivity contribution is 0.518. The Morgan fingerprint density at radius 1 is 1.47 bits per heavy atom. The summed E-state index contributed by atoms with van der Waals surface area (Å²) >= 11 is 0. The van der Waals surface area contributed by atoms with Crippen LogP contribution in [0.2, 0.25) is 0 Å². The smallest absolute Gasteiger partial charge is 0.0870 e. The van der Waals surface area contributed by atoms with E-state index in [0.29, 0.717) is 0 Å². The monoisotopic (exact) mass is 232 g/mol. The molecule has 4 nitrogen and oxygen atoms in total. The fourth-order valence-electron chi connectivity index (χ4n) is 1.68. The van der Waals surface area contributed by atoms with E-state index in [1.54, 1.807) is 6.08 Å². The molecule has 0 aromatic carbocycles. The third-order valence-electron chi connectivity index (χ3n) is 2.64. The highest BCUT2D eigenvalue weighted by Crippen LogP contribution is 2.26. The Morgan fingerprint density at radius 2 is 2.18 bits per heavy atom. The van der Waals surface area contributed by atoms with Gasteiger partial charge in [-0.1, -0.05) is 30.0 Å². The van der Waals surface area contributed by atoms with E-state index in [2.05, 4.69) is 47.7 Å². The molecule has 1 rings (SSSR count). The zero-order valence-electron chi connectivity index (χ0n) is 10.7. The summed E-state index contributed by atoms with van der Waals surface area (Å²) in [4.78, 5) is 0. The molecule has 0 amide bonds. The molecule has 4 heteroatoms. The summed E-state index contributed by atoms with van der Waals surface area (Å²) in [5, 5.41) is 14.1. The first-order valence-corrected chi connectivity index (χ1v) is 5.60. The van der Waals surface area contributed by atoms with Gasteiger partial charge in [0.05, 0.1) is 11.4 Å². The summed E-state index contributed by atoms with van der Waals surface area (Å²) in [5.74, 6) is 0. The number of allylic oxidation sites excluding steroid dienone is 2. The number of rotatable bonds is 6. The molecule has 92 valence electrons. The van der Waals surface area contributed by atoms with Crippen LogP contribution >= 0.6 is 0 Å². The minimum absolute atomic E-state index is 0.207. The van der Waals surface area contributed by atoms with Gasteiger partial charge in [0.15, 0.2) is 0 Å². The number of aromatic amines is 1. The van der Waals surface area contributed by atoms with Crippen LogP contribution in [0.5, 0.6) is 0 Å². The molecule has 0 aliphatic carbocycles. The normalized spacial score (nSPS) is 12.5. The molecule has 0 atom stereocenters. The van der Waals surface area contributed by atoms with E-state index in [0.717, 1.165) is 23.5 Å². The zero-order chi connectivity index (χ0) is 12.9. The lowest BCUT2D eigenvalue weighted by Gasteiger charge is -2.28. The fourth-order valence-corrected chi connectivity index (χ4v) is 1.68. The summed E-state index contributed by atoms with van der Waals surface area (Å²) in [6.07, 6.45) is 5.58. The van der Waals surface area contributed by atoms with Crippen LogP contribution in [0.25, 0.3) is 5.57 Å². The highest BCUT2D eigenvalue weighted by Gasteiger charge is 2.25. The van der Waals surface area contributed by atoms with E-state index in [4.69, 9.17) is 0 Å². The summed E-state index contributed by atoms with van der Waals surface area (Å²) in [7, 11) is 0. The van der Waals surface area contributed by atoms with Crippen LogP contribution in [0.4, 0.5) is 0 Å². The van der Waals surface area contributed by atoms with Gasteiger partial charge in [-0.25, -0.2) is 0 Å². The van der Waals surface area contributed by atoms with Crippen LogP contribution in [0.3, 0.4) is 0 Å². The van der Waals surface area contributed by atoms with Crippen molar-refractivity contribution in [2.75, 3.05) is 6.54 Å². The summed E-state index contributed by atoms with van der Waals surface area (Å²) < 4.78 is 0. The maximum atomic E-state index is 3.98. The lowest BCUT2D eigenvalue weighted by Crippen LogP contribution is -2.40. The second kappa shape index (κ2) is 5.59. The topological polar surface area (TPSA) is 53.6 Å². The molecule has 17 heavy (non-hydrogen) atoms. The first kappa shape index (κ1) is 13.4. The van der Waals surface area contributed by atoms with Gasteiger partial charge in [0, 0.05) is 12.1 Å². The van der Waals surface area contributed by atoms with Gasteiger partial charge in [-0.15, -0.1) is 11.7 Å². The number of aryl methyl sites for hydroxylation is 1. The van der Waals surface area contributed by atoms with Crippen molar-refractivity contribution in [1.29, 1.82) is 0 Å². The molecule has 0 spiro atoms. The maximum absolute atomic E-state index is 3.98. The van der Waals surface area contributed by atoms with Crippen LogP contribution < -0.4 is 5.32 Å². The van der Waals surface area contributed by atoms with Crippen LogP contribution in [-0.2, 0) is 0 Å². The molecule has 1 aromatic heterocycles.